The highest BCUT2D eigenvalue weighted by atomic mass is 16.5. The summed E-state index contributed by atoms with van der Waals surface area (Å²) >= 11 is 0. The van der Waals surface area contributed by atoms with Crippen LogP contribution in [0, 0.1) is 28.6 Å². The Balaban J connectivity index is 1.42. The minimum atomic E-state index is -0.139. The molecule has 0 spiro atoms. The van der Waals surface area contributed by atoms with E-state index in [9.17, 15) is 9.59 Å². The Morgan fingerprint density at radius 2 is 1.77 bits per heavy atom. The molecule has 1 aromatic rings. The van der Waals surface area contributed by atoms with E-state index in [4.69, 9.17) is 4.74 Å². The maximum absolute atomic E-state index is 13.0. The summed E-state index contributed by atoms with van der Waals surface area (Å²) in [7, 11) is 0. The van der Waals surface area contributed by atoms with Gasteiger partial charge >= 0.3 is 5.97 Å². The van der Waals surface area contributed by atoms with Crippen molar-refractivity contribution in [1.82, 2.24) is 0 Å². The third kappa shape index (κ3) is 3.23. The zero-order valence-corrected chi connectivity index (χ0v) is 19.0. The molecule has 31 heavy (non-hydrogen) atoms. The SMILES string of the molecule is CC(=O)O[C@H]1CC[C@H]2[C@@H]3CC=C4C=C(C(=O)c5ccccc5)CC[C@]4(C)[C@H]3CC[C@]12C. The number of esters is 1. The number of hydrogen-bond donors (Lipinski definition) is 0. The van der Waals surface area contributed by atoms with Gasteiger partial charge in [0.15, 0.2) is 5.78 Å². The molecular formula is C28H34O3. The van der Waals surface area contributed by atoms with Gasteiger partial charge in [0.25, 0.3) is 0 Å². The minimum Gasteiger partial charge on any atom is -0.462 e. The van der Waals surface area contributed by atoms with E-state index < -0.39 is 0 Å². The molecule has 4 aliphatic carbocycles. The highest BCUT2D eigenvalue weighted by molar-refractivity contribution is 6.09. The molecule has 5 rings (SSSR count). The van der Waals surface area contributed by atoms with Gasteiger partial charge in [-0.25, -0.2) is 0 Å². The third-order valence-corrected chi connectivity index (χ3v) is 9.32. The van der Waals surface area contributed by atoms with Gasteiger partial charge < -0.3 is 4.74 Å². The third-order valence-electron chi connectivity index (χ3n) is 9.32. The number of carbonyl (C=O) groups is 2. The van der Waals surface area contributed by atoms with E-state index in [2.05, 4.69) is 26.0 Å². The second-order valence-electron chi connectivity index (χ2n) is 10.8. The second kappa shape index (κ2) is 7.46. The summed E-state index contributed by atoms with van der Waals surface area (Å²) < 4.78 is 5.78. The zero-order valence-electron chi connectivity index (χ0n) is 19.0. The molecule has 0 amide bonds. The summed E-state index contributed by atoms with van der Waals surface area (Å²) in [4.78, 5) is 24.7. The molecule has 0 saturated heterocycles. The van der Waals surface area contributed by atoms with Gasteiger partial charge in [-0.1, -0.05) is 56.3 Å². The first-order valence-corrected chi connectivity index (χ1v) is 12.0. The van der Waals surface area contributed by atoms with Gasteiger partial charge in [-0.15, -0.1) is 0 Å². The van der Waals surface area contributed by atoms with Crippen molar-refractivity contribution in [3.8, 4) is 0 Å². The second-order valence-corrected chi connectivity index (χ2v) is 10.8. The van der Waals surface area contributed by atoms with Crippen LogP contribution in [0.2, 0.25) is 0 Å². The van der Waals surface area contributed by atoms with Crippen LogP contribution in [-0.2, 0) is 9.53 Å². The van der Waals surface area contributed by atoms with Crippen molar-refractivity contribution < 1.29 is 14.3 Å². The van der Waals surface area contributed by atoms with Crippen molar-refractivity contribution >= 4 is 11.8 Å². The van der Waals surface area contributed by atoms with E-state index in [1.807, 2.05) is 30.3 Å². The number of Topliss-reactive ketones (excluding diaryl/α,β-unsaturated/α-hetero) is 1. The normalized spacial score (nSPS) is 38.8. The van der Waals surface area contributed by atoms with Crippen molar-refractivity contribution in [2.24, 2.45) is 28.6 Å². The number of hydrogen-bond acceptors (Lipinski definition) is 3. The number of fused-ring (bicyclic) bond motifs is 5. The van der Waals surface area contributed by atoms with Crippen LogP contribution >= 0.6 is 0 Å². The first kappa shape index (κ1) is 20.7. The molecular weight excluding hydrogens is 384 g/mol. The highest BCUT2D eigenvalue weighted by Crippen LogP contribution is 2.65. The number of benzene rings is 1. The Morgan fingerprint density at radius 1 is 1.00 bits per heavy atom. The Labute approximate surface area is 185 Å². The molecule has 3 nitrogen and oxygen atoms in total. The number of ether oxygens (including phenoxy) is 1. The molecule has 0 bridgehead atoms. The predicted molar refractivity (Wildman–Crippen MR) is 121 cm³/mol. The largest absolute Gasteiger partial charge is 0.462 e. The van der Waals surface area contributed by atoms with E-state index in [0.29, 0.717) is 17.8 Å². The lowest BCUT2D eigenvalue weighted by Gasteiger charge is -2.56. The highest BCUT2D eigenvalue weighted by Gasteiger charge is 2.59. The lowest BCUT2D eigenvalue weighted by atomic mass is 9.48. The van der Waals surface area contributed by atoms with Crippen LogP contribution in [0.3, 0.4) is 0 Å². The molecule has 2 fully saturated rings. The fourth-order valence-electron chi connectivity index (χ4n) is 7.63. The van der Waals surface area contributed by atoms with E-state index >= 15 is 0 Å². The van der Waals surface area contributed by atoms with Gasteiger partial charge in [-0.05, 0) is 73.7 Å². The molecule has 0 heterocycles. The van der Waals surface area contributed by atoms with E-state index in [0.717, 1.165) is 43.2 Å². The molecule has 3 heteroatoms. The van der Waals surface area contributed by atoms with Crippen molar-refractivity contribution in [3.05, 3.63) is 59.2 Å². The molecule has 2 saturated carbocycles. The summed E-state index contributed by atoms with van der Waals surface area (Å²) in [6, 6.07) is 9.68. The van der Waals surface area contributed by atoms with Gasteiger partial charge in [-0.2, -0.15) is 0 Å². The quantitative estimate of drug-likeness (QED) is 0.427. The van der Waals surface area contributed by atoms with Gasteiger partial charge in [-0.3, -0.25) is 9.59 Å². The summed E-state index contributed by atoms with van der Waals surface area (Å²) in [5, 5.41) is 0. The van der Waals surface area contributed by atoms with Crippen LogP contribution in [0.25, 0.3) is 0 Å². The summed E-state index contributed by atoms with van der Waals surface area (Å²) in [6.45, 7) is 6.35. The number of rotatable bonds is 3. The Bertz CT molecular complexity index is 958. The van der Waals surface area contributed by atoms with Gasteiger partial charge in [0, 0.05) is 23.5 Å². The van der Waals surface area contributed by atoms with Crippen LogP contribution in [0.15, 0.2) is 53.6 Å². The van der Waals surface area contributed by atoms with Crippen molar-refractivity contribution in [2.45, 2.75) is 71.8 Å². The van der Waals surface area contributed by atoms with Crippen LogP contribution in [0.1, 0.15) is 76.1 Å². The monoisotopic (exact) mass is 418 g/mol. The topological polar surface area (TPSA) is 43.4 Å². The van der Waals surface area contributed by atoms with Gasteiger partial charge in [0.1, 0.15) is 6.10 Å². The number of ketones is 1. The smallest absolute Gasteiger partial charge is 0.302 e. The molecule has 0 N–H and O–H groups in total. The molecule has 6 atom stereocenters. The van der Waals surface area contributed by atoms with E-state index in [1.165, 1.54) is 18.4 Å². The Kier molecular flexibility index (Phi) is 4.99. The minimum absolute atomic E-state index is 0.0791. The lowest BCUT2D eigenvalue weighted by Crippen LogP contribution is -2.50. The van der Waals surface area contributed by atoms with Crippen molar-refractivity contribution in [1.29, 1.82) is 0 Å². The van der Waals surface area contributed by atoms with Crippen LogP contribution in [0.5, 0.6) is 0 Å². The van der Waals surface area contributed by atoms with Crippen molar-refractivity contribution in [2.75, 3.05) is 0 Å². The maximum Gasteiger partial charge on any atom is 0.302 e. The summed E-state index contributed by atoms with van der Waals surface area (Å²) in [5.41, 5.74) is 3.42. The fourth-order valence-corrected chi connectivity index (χ4v) is 7.63. The average Bonchev–Trinajstić information content (AvgIpc) is 3.09. The number of allylic oxidation sites excluding steroid dienone is 4. The van der Waals surface area contributed by atoms with Gasteiger partial charge in [0.05, 0.1) is 0 Å². The molecule has 4 aliphatic rings. The molecule has 1 aromatic carbocycles. The van der Waals surface area contributed by atoms with Crippen LogP contribution in [0.4, 0.5) is 0 Å². The fraction of sp³-hybridized carbons (Fsp3) is 0.571. The zero-order chi connectivity index (χ0) is 21.8. The van der Waals surface area contributed by atoms with Crippen LogP contribution in [-0.4, -0.2) is 17.9 Å². The van der Waals surface area contributed by atoms with Crippen molar-refractivity contribution in [3.63, 3.8) is 0 Å². The average molecular weight is 419 g/mol. The number of carbonyl (C=O) groups excluding carboxylic acids is 2. The van der Waals surface area contributed by atoms with E-state index in [-0.39, 0.29) is 28.7 Å². The van der Waals surface area contributed by atoms with Gasteiger partial charge in [0.2, 0.25) is 0 Å². The molecule has 0 unspecified atom stereocenters. The Hall–Kier alpha value is -2.16. The van der Waals surface area contributed by atoms with E-state index in [1.54, 1.807) is 6.92 Å². The first-order chi connectivity index (χ1) is 14.8. The van der Waals surface area contributed by atoms with Crippen LogP contribution < -0.4 is 0 Å². The predicted octanol–water partition coefficient (Wildman–Crippen LogP) is 6.30. The first-order valence-electron chi connectivity index (χ1n) is 12.0. The molecule has 164 valence electrons. The maximum atomic E-state index is 13.0. The summed E-state index contributed by atoms with van der Waals surface area (Å²) in [6.07, 6.45) is 12.3. The molecule has 0 radical (unpaired) electrons. The summed E-state index contributed by atoms with van der Waals surface area (Å²) in [5.74, 6) is 1.99. The molecule has 0 aromatic heterocycles. The standard InChI is InChI=1S/C28H34O3/c1-18(29)31-25-12-11-23-22-10-9-21-17-20(26(30)19-7-5-4-6-8-19)13-15-27(21,2)24(22)14-16-28(23,25)3/h4-9,17,22-25H,10-16H2,1-3H3/t22-,23-,24-,25-,27-,28-/m0/s1. The Morgan fingerprint density at radius 3 is 2.52 bits per heavy atom. The molecule has 0 aliphatic heterocycles. The lowest BCUT2D eigenvalue weighted by molar-refractivity contribution is -0.156.